The quantitative estimate of drug-likeness (QED) is 0.723. The monoisotopic (exact) mass is 333 g/mol. The van der Waals surface area contributed by atoms with E-state index in [0.717, 1.165) is 34.2 Å². The maximum absolute atomic E-state index is 5.99. The fourth-order valence-electron chi connectivity index (χ4n) is 2.78. The van der Waals surface area contributed by atoms with E-state index in [1.54, 1.807) is 0 Å². The molecule has 0 saturated heterocycles. The number of hydrogen-bond acceptors (Lipinski definition) is 4. The molecule has 0 radical (unpaired) electrons. The molecular formula is C21H19NO3. The lowest BCUT2D eigenvalue weighted by molar-refractivity contribution is 0.170. The molecule has 25 heavy (non-hydrogen) atoms. The van der Waals surface area contributed by atoms with Crippen molar-refractivity contribution in [3.8, 4) is 23.0 Å². The summed E-state index contributed by atoms with van der Waals surface area (Å²) in [4.78, 5) is 0. The number of rotatable bonds is 5. The highest BCUT2D eigenvalue weighted by atomic mass is 16.6. The van der Waals surface area contributed by atoms with E-state index in [0.29, 0.717) is 19.8 Å². The standard InChI is InChI=1S/C21H19NO3/c1-2-8-17(9-3-1)25-19-11-5-4-10-18(19)22-15-16-7-6-12-20-21(16)24-14-13-23-20/h1-12,22H,13-15H2. The van der Waals surface area contributed by atoms with Crippen molar-refractivity contribution in [3.63, 3.8) is 0 Å². The van der Waals surface area contributed by atoms with Gasteiger partial charge in [-0.05, 0) is 30.3 Å². The molecule has 1 aliphatic rings. The molecular weight excluding hydrogens is 314 g/mol. The minimum Gasteiger partial charge on any atom is -0.486 e. The van der Waals surface area contributed by atoms with Crippen LogP contribution in [-0.4, -0.2) is 13.2 Å². The maximum Gasteiger partial charge on any atom is 0.166 e. The Kier molecular flexibility index (Phi) is 4.42. The molecule has 0 amide bonds. The van der Waals surface area contributed by atoms with Gasteiger partial charge in [-0.25, -0.2) is 0 Å². The van der Waals surface area contributed by atoms with Crippen molar-refractivity contribution in [3.05, 3.63) is 78.4 Å². The lowest BCUT2D eigenvalue weighted by Gasteiger charge is -2.21. The van der Waals surface area contributed by atoms with Gasteiger partial charge < -0.3 is 19.5 Å². The third-order valence-corrected chi connectivity index (χ3v) is 3.98. The van der Waals surface area contributed by atoms with Crippen molar-refractivity contribution >= 4 is 5.69 Å². The van der Waals surface area contributed by atoms with E-state index < -0.39 is 0 Å². The van der Waals surface area contributed by atoms with Gasteiger partial charge in [0.15, 0.2) is 17.2 Å². The average molecular weight is 333 g/mol. The third-order valence-electron chi connectivity index (χ3n) is 3.98. The number of fused-ring (bicyclic) bond motifs is 1. The lowest BCUT2D eigenvalue weighted by atomic mass is 10.1. The Morgan fingerprint density at radius 2 is 1.60 bits per heavy atom. The fourth-order valence-corrected chi connectivity index (χ4v) is 2.78. The van der Waals surface area contributed by atoms with E-state index in [1.165, 1.54) is 0 Å². The van der Waals surface area contributed by atoms with Gasteiger partial charge in [0.25, 0.3) is 0 Å². The fraction of sp³-hybridized carbons (Fsp3) is 0.143. The minimum atomic E-state index is 0.581. The second-order valence-electron chi connectivity index (χ2n) is 5.71. The zero-order valence-electron chi connectivity index (χ0n) is 13.8. The molecule has 1 N–H and O–H groups in total. The highest BCUT2D eigenvalue weighted by Crippen LogP contribution is 2.35. The van der Waals surface area contributed by atoms with Crippen LogP contribution in [0.5, 0.6) is 23.0 Å². The average Bonchev–Trinajstić information content (AvgIpc) is 2.68. The van der Waals surface area contributed by atoms with E-state index in [4.69, 9.17) is 14.2 Å². The molecule has 0 fully saturated rings. The summed E-state index contributed by atoms with van der Waals surface area (Å²) in [5.74, 6) is 3.23. The first-order valence-electron chi connectivity index (χ1n) is 8.33. The van der Waals surface area contributed by atoms with Crippen LogP contribution in [0.1, 0.15) is 5.56 Å². The van der Waals surface area contributed by atoms with Gasteiger partial charge in [-0.1, -0.05) is 42.5 Å². The van der Waals surface area contributed by atoms with Crippen LogP contribution in [-0.2, 0) is 6.54 Å². The summed E-state index contributed by atoms with van der Waals surface area (Å²) >= 11 is 0. The van der Waals surface area contributed by atoms with Crippen LogP contribution in [0.25, 0.3) is 0 Å². The molecule has 4 heteroatoms. The van der Waals surface area contributed by atoms with Crippen molar-refractivity contribution in [2.45, 2.75) is 6.54 Å². The number of hydrogen-bond donors (Lipinski definition) is 1. The highest BCUT2D eigenvalue weighted by molar-refractivity contribution is 5.58. The summed E-state index contributed by atoms with van der Waals surface area (Å²) in [6, 6.07) is 23.6. The van der Waals surface area contributed by atoms with Gasteiger partial charge in [0.1, 0.15) is 19.0 Å². The third kappa shape index (κ3) is 3.53. The van der Waals surface area contributed by atoms with E-state index in [1.807, 2.05) is 72.8 Å². The maximum atomic E-state index is 5.99. The molecule has 0 unspecified atom stereocenters. The first kappa shape index (κ1) is 15.4. The first-order chi connectivity index (χ1) is 12.4. The van der Waals surface area contributed by atoms with Gasteiger partial charge in [-0.15, -0.1) is 0 Å². The Balaban J connectivity index is 1.52. The molecule has 4 rings (SSSR count). The second kappa shape index (κ2) is 7.18. The van der Waals surface area contributed by atoms with Gasteiger partial charge >= 0.3 is 0 Å². The summed E-state index contributed by atoms with van der Waals surface area (Å²) in [5.41, 5.74) is 1.99. The smallest absolute Gasteiger partial charge is 0.166 e. The molecule has 0 atom stereocenters. The minimum absolute atomic E-state index is 0.581. The van der Waals surface area contributed by atoms with Crippen LogP contribution in [0.2, 0.25) is 0 Å². The molecule has 0 aliphatic carbocycles. The second-order valence-corrected chi connectivity index (χ2v) is 5.71. The molecule has 1 aliphatic heterocycles. The molecule has 1 heterocycles. The van der Waals surface area contributed by atoms with E-state index in [9.17, 15) is 0 Å². The van der Waals surface area contributed by atoms with E-state index >= 15 is 0 Å². The molecule has 0 saturated carbocycles. The number of benzene rings is 3. The summed E-state index contributed by atoms with van der Waals surface area (Å²) in [5, 5.41) is 3.44. The van der Waals surface area contributed by atoms with Crippen LogP contribution in [0.3, 0.4) is 0 Å². The number of nitrogens with one attached hydrogen (secondary N) is 1. The summed E-state index contributed by atoms with van der Waals surface area (Å²) in [6.07, 6.45) is 0. The van der Waals surface area contributed by atoms with Gasteiger partial charge in [-0.2, -0.15) is 0 Å². The van der Waals surface area contributed by atoms with Crippen molar-refractivity contribution < 1.29 is 14.2 Å². The normalized spacial score (nSPS) is 12.5. The van der Waals surface area contributed by atoms with Crippen molar-refractivity contribution in [1.29, 1.82) is 0 Å². The highest BCUT2D eigenvalue weighted by Gasteiger charge is 2.15. The summed E-state index contributed by atoms with van der Waals surface area (Å²) < 4.78 is 17.4. The van der Waals surface area contributed by atoms with Crippen LogP contribution >= 0.6 is 0 Å². The van der Waals surface area contributed by atoms with Gasteiger partial charge in [0.05, 0.1) is 5.69 Å². The van der Waals surface area contributed by atoms with Crippen LogP contribution in [0.15, 0.2) is 72.8 Å². The van der Waals surface area contributed by atoms with Crippen LogP contribution < -0.4 is 19.5 Å². The van der Waals surface area contributed by atoms with Gasteiger partial charge in [-0.3, -0.25) is 0 Å². The van der Waals surface area contributed by atoms with Gasteiger partial charge in [0.2, 0.25) is 0 Å². The van der Waals surface area contributed by atoms with Crippen molar-refractivity contribution in [2.24, 2.45) is 0 Å². The Hall–Kier alpha value is -3.14. The SMILES string of the molecule is c1ccc(Oc2ccccc2NCc2cccc3c2OCCO3)cc1. The number of anilines is 1. The number of ether oxygens (including phenoxy) is 3. The zero-order valence-corrected chi connectivity index (χ0v) is 13.8. The van der Waals surface area contributed by atoms with E-state index in [2.05, 4.69) is 5.32 Å². The van der Waals surface area contributed by atoms with Gasteiger partial charge in [0, 0.05) is 12.1 Å². The summed E-state index contributed by atoms with van der Waals surface area (Å²) in [7, 11) is 0. The summed E-state index contributed by atoms with van der Waals surface area (Å²) in [6.45, 7) is 1.80. The first-order valence-corrected chi connectivity index (χ1v) is 8.33. The molecule has 3 aromatic rings. The van der Waals surface area contributed by atoms with Crippen molar-refractivity contribution in [1.82, 2.24) is 0 Å². The predicted octanol–water partition coefficient (Wildman–Crippen LogP) is 4.86. The molecule has 4 nitrogen and oxygen atoms in total. The zero-order chi connectivity index (χ0) is 16.9. The van der Waals surface area contributed by atoms with Crippen LogP contribution in [0.4, 0.5) is 5.69 Å². The van der Waals surface area contributed by atoms with Crippen LogP contribution in [0, 0.1) is 0 Å². The predicted molar refractivity (Wildman–Crippen MR) is 97.7 cm³/mol. The Morgan fingerprint density at radius 1 is 0.800 bits per heavy atom. The molecule has 0 bridgehead atoms. The Morgan fingerprint density at radius 3 is 2.52 bits per heavy atom. The Labute approximate surface area is 147 Å². The molecule has 3 aromatic carbocycles. The topological polar surface area (TPSA) is 39.7 Å². The molecule has 126 valence electrons. The molecule has 0 spiro atoms. The van der Waals surface area contributed by atoms with E-state index in [-0.39, 0.29) is 0 Å². The lowest BCUT2D eigenvalue weighted by Crippen LogP contribution is -2.17. The van der Waals surface area contributed by atoms with Crippen molar-refractivity contribution in [2.75, 3.05) is 18.5 Å². The largest absolute Gasteiger partial charge is 0.486 e. The molecule has 0 aromatic heterocycles. The number of para-hydroxylation sites is 4. The Bertz CT molecular complexity index is 849.